The molecule has 2 aromatic carbocycles. The highest BCUT2D eigenvalue weighted by Crippen LogP contribution is 2.18. The number of carbonyl (C=O) groups excluding carboxylic acids is 1. The van der Waals surface area contributed by atoms with E-state index in [1.165, 1.54) is 0 Å². The predicted molar refractivity (Wildman–Crippen MR) is 75.5 cm³/mol. The Morgan fingerprint density at radius 3 is 2.95 bits per heavy atom. The standard InChI is InChI=1S/C14H10ClN3O/c15-11-3-1-2-9(6-11)14(19)17-12-4-5-13-10(7-12)8-16-18-13/h1-8H,(H,16,18)(H,17,19). The molecule has 1 amide bonds. The van der Waals surface area contributed by atoms with Crippen LogP contribution in [0.5, 0.6) is 0 Å². The Morgan fingerprint density at radius 2 is 2.11 bits per heavy atom. The van der Waals surface area contributed by atoms with E-state index < -0.39 is 0 Å². The molecular weight excluding hydrogens is 262 g/mol. The van der Waals surface area contributed by atoms with E-state index in [9.17, 15) is 4.79 Å². The van der Waals surface area contributed by atoms with Crippen molar-refractivity contribution in [2.45, 2.75) is 0 Å². The molecule has 19 heavy (non-hydrogen) atoms. The van der Waals surface area contributed by atoms with Crippen molar-refractivity contribution >= 4 is 34.1 Å². The summed E-state index contributed by atoms with van der Waals surface area (Å²) in [5.74, 6) is -0.189. The molecule has 0 radical (unpaired) electrons. The maximum Gasteiger partial charge on any atom is 0.255 e. The lowest BCUT2D eigenvalue weighted by Gasteiger charge is -2.05. The minimum atomic E-state index is -0.189. The average molecular weight is 272 g/mol. The molecule has 0 saturated carbocycles. The maximum absolute atomic E-state index is 12.0. The van der Waals surface area contributed by atoms with E-state index in [4.69, 9.17) is 11.6 Å². The molecule has 1 aromatic heterocycles. The smallest absolute Gasteiger partial charge is 0.255 e. The van der Waals surface area contributed by atoms with Crippen LogP contribution >= 0.6 is 11.6 Å². The van der Waals surface area contributed by atoms with Gasteiger partial charge in [-0.3, -0.25) is 9.89 Å². The van der Waals surface area contributed by atoms with Crippen molar-refractivity contribution in [3.63, 3.8) is 0 Å². The molecule has 4 nitrogen and oxygen atoms in total. The SMILES string of the molecule is O=C(Nc1ccc2[nH]ncc2c1)c1cccc(Cl)c1. The van der Waals surface area contributed by atoms with Gasteiger partial charge in [0.25, 0.3) is 5.91 Å². The summed E-state index contributed by atoms with van der Waals surface area (Å²) in [6.45, 7) is 0. The summed E-state index contributed by atoms with van der Waals surface area (Å²) in [7, 11) is 0. The van der Waals surface area contributed by atoms with E-state index in [1.807, 2.05) is 18.2 Å². The van der Waals surface area contributed by atoms with Crippen LogP contribution in [0.25, 0.3) is 10.9 Å². The van der Waals surface area contributed by atoms with Gasteiger partial charge in [0.05, 0.1) is 11.7 Å². The third kappa shape index (κ3) is 2.44. The maximum atomic E-state index is 12.0. The van der Waals surface area contributed by atoms with Crippen molar-refractivity contribution in [1.82, 2.24) is 10.2 Å². The quantitative estimate of drug-likeness (QED) is 0.750. The van der Waals surface area contributed by atoms with Crippen molar-refractivity contribution < 1.29 is 4.79 Å². The van der Waals surface area contributed by atoms with Crippen LogP contribution < -0.4 is 5.32 Å². The number of rotatable bonds is 2. The lowest BCUT2D eigenvalue weighted by atomic mass is 10.2. The van der Waals surface area contributed by atoms with E-state index in [0.717, 1.165) is 16.6 Å². The molecule has 0 atom stereocenters. The number of H-pyrrole nitrogens is 1. The van der Waals surface area contributed by atoms with E-state index in [0.29, 0.717) is 10.6 Å². The predicted octanol–water partition coefficient (Wildman–Crippen LogP) is 3.47. The zero-order chi connectivity index (χ0) is 13.2. The highest BCUT2D eigenvalue weighted by molar-refractivity contribution is 6.31. The number of hydrogen-bond donors (Lipinski definition) is 2. The number of halogens is 1. The van der Waals surface area contributed by atoms with Crippen LogP contribution in [-0.4, -0.2) is 16.1 Å². The van der Waals surface area contributed by atoms with Gasteiger partial charge in [0.15, 0.2) is 0 Å². The van der Waals surface area contributed by atoms with Crippen LogP contribution in [-0.2, 0) is 0 Å². The molecule has 3 rings (SSSR count). The number of benzene rings is 2. The summed E-state index contributed by atoms with van der Waals surface area (Å²) in [5.41, 5.74) is 2.18. The third-order valence-electron chi connectivity index (χ3n) is 2.78. The summed E-state index contributed by atoms with van der Waals surface area (Å²) in [6.07, 6.45) is 1.71. The number of nitrogens with zero attached hydrogens (tertiary/aromatic N) is 1. The first kappa shape index (κ1) is 11.7. The molecule has 0 aliphatic heterocycles. The number of nitrogens with one attached hydrogen (secondary N) is 2. The topological polar surface area (TPSA) is 57.8 Å². The Bertz CT molecular complexity index is 751. The second-order valence-corrected chi connectivity index (χ2v) is 4.57. The number of fused-ring (bicyclic) bond motifs is 1. The minimum Gasteiger partial charge on any atom is -0.322 e. The van der Waals surface area contributed by atoms with E-state index >= 15 is 0 Å². The molecule has 94 valence electrons. The number of aromatic nitrogens is 2. The van der Waals surface area contributed by atoms with Gasteiger partial charge in [-0.25, -0.2) is 0 Å². The Kier molecular flexibility index (Phi) is 2.93. The van der Waals surface area contributed by atoms with E-state index in [-0.39, 0.29) is 5.91 Å². The molecule has 2 N–H and O–H groups in total. The molecule has 0 fully saturated rings. The summed E-state index contributed by atoms with van der Waals surface area (Å²) < 4.78 is 0. The van der Waals surface area contributed by atoms with Crippen LogP contribution in [0.4, 0.5) is 5.69 Å². The molecule has 0 aliphatic carbocycles. The van der Waals surface area contributed by atoms with Crippen LogP contribution in [0.3, 0.4) is 0 Å². The van der Waals surface area contributed by atoms with Gasteiger partial charge >= 0.3 is 0 Å². The first-order valence-electron chi connectivity index (χ1n) is 5.72. The van der Waals surface area contributed by atoms with Crippen molar-refractivity contribution in [1.29, 1.82) is 0 Å². The molecule has 0 bridgehead atoms. The fourth-order valence-corrected chi connectivity index (χ4v) is 2.04. The number of anilines is 1. The molecular formula is C14H10ClN3O. The molecule has 0 aliphatic rings. The van der Waals surface area contributed by atoms with Crippen molar-refractivity contribution in [3.8, 4) is 0 Å². The Hall–Kier alpha value is -2.33. The molecule has 0 spiro atoms. The van der Waals surface area contributed by atoms with Gasteiger partial charge in [-0.05, 0) is 36.4 Å². The Balaban J connectivity index is 1.86. The first-order chi connectivity index (χ1) is 9.22. The number of amides is 1. The molecule has 0 unspecified atom stereocenters. The summed E-state index contributed by atoms with van der Waals surface area (Å²) in [6, 6.07) is 12.4. The minimum absolute atomic E-state index is 0.189. The van der Waals surface area contributed by atoms with Crippen LogP contribution in [0.15, 0.2) is 48.7 Å². The zero-order valence-electron chi connectivity index (χ0n) is 9.85. The van der Waals surface area contributed by atoms with Gasteiger partial charge in [-0.1, -0.05) is 17.7 Å². The van der Waals surface area contributed by atoms with Crippen molar-refractivity contribution in [2.24, 2.45) is 0 Å². The lowest BCUT2D eigenvalue weighted by molar-refractivity contribution is 0.102. The van der Waals surface area contributed by atoms with Crippen LogP contribution in [0, 0.1) is 0 Å². The van der Waals surface area contributed by atoms with Crippen LogP contribution in [0.2, 0.25) is 5.02 Å². The monoisotopic (exact) mass is 271 g/mol. The first-order valence-corrected chi connectivity index (χ1v) is 6.10. The van der Waals surface area contributed by atoms with Gasteiger partial charge in [0, 0.05) is 21.7 Å². The van der Waals surface area contributed by atoms with Gasteiger partial charge in [0.2, 0.25) is 0 Å². The van der Waals surface area contributed by atoms with Crippen molar-refractivity contribution in [2.75, 3.05) is 5.32 Å². The third-order valence-corrected chi connectivity index (χ3v) is 3.02. The highest BCUT2D eigenvalue weighted by Gasteiger charge is 2.07. The normalized spacial score (nSPS) is 10.6. The van der Waals surface area contributed by atoms with Gasteiger partial charge < -0.3 is 5.32 Å². The van der Waals surface area contributed by atoms with Gasteiger partial charge in [-0.15, -0.1) is 0 Å². The van der Waals surface area contributed by atoms with Gasteiger partial charge in [0.1, 0.15) is 0 Å². The highest BCUT2D eigenvalue weighted by atomic mass is 35.5. The molecule has 0 saturated heterocycles. The number of aromatic amines is 1. The molecule has 3 aromatic rings. The largest absolute Gasteiger partial charge is 0.322 e. The fourth-order valence-electron chi connectivity index (χ4n) is 1.85. The average Bonchev–Trinajstić information content (AvgIpc) is 2.86. The Labute approximate surface area is 114 Å². The second-order valence-electron chi connectivity index (χ2n) is 4.14. The summed E-state index contributed by atoms with van der Waals surface area (Å²) >= 11 is 5.86. The van der Waals surface area contributed by atoms with Crippen LogP contribution in [0.1, 0.15) is 10.4 Å². The molecule has 1 heterocycles. The number of carbonyl (C=O) groups is 1. The zero-order valence-corrected chi connectivity index (χ0v) is 10.6. The van der Waals surface area contributed by atoms with E-state index in [1.54, 1.807) is 30.5 Å². The Morgan fingerprint density at radius 1 is 1.21 bits per heavy atom. The second kappa shape index (κ2) is 4.74. The number of hydrogen-bond acceptors (Lipinski definition) is 2. The summed E-state index contributed by atoms with van der Waals surface area (Å²) in [4.78, 5) is 12.0. The summed E-state index contributed by atoms with van der Waals surface area (Å²) in [5, 5.41) is 11.1. The van der Waals surface area contributed by atoms with Crippen molar-refractivity contribution in [3.05, 3.63) is 59.2 Å². The molecule has 5 heteroatoms. The fraction of sp³-hybridized carbons (Fsp3) is 0. The van der Waals surface area contributed by atoms with Gasteiger partial charge in [-0.2, -0.15) is 5.10 Å². The lowest BCUT2D eigenvalue weighted by Crippen LogP contribution is -2.11. The van der Waals surface area contributed by atoms with E-state index in [2.05, 4.69) is 15.5 Å².